The minimum atomic E-state index is -1.00. The predicted molar refractivity (Wildman–Crippen MR) is 70.0 cm³/mol. The molecule has 1 aliphatic heterocycles. The van der Waals surface area contributed by atoms with Gasteiger partial charge in [0.1, 0.15) is 6.04 Å². The number of carboxylic acid groups (broad SMARTS) is 1. The number of carbonyl (C=O) groups excluding carboxylic acids is 1. The Hall–Kier alpha value is -2.25. The van der Waals surface area contributed by atoms with Gasteiger partial charge in [0.05, 0.1) is 12.4 Å². The van der Waals surface area contributed by atoms with Gasteiger partial charge in [-0.3, -0.25) is 5.32 Å². The number of carboxylic acids is 1. The van der Waals surface area contributed by atoms with Crippen LogP contribution >= 0.6 is 0 Å². The fourth-order valence-electron chi connectivity index (χ4n) is 2.55. The van der Waals surface area contributed by atoms with Gasteiger partial charge in [0, 0.05) is 6.54 Å². The first kappa shape index (κ1) is 14.2. The Morgan fingerprint density at radius 3 is 2.80 bits per heavy atom. The van der Waals surface area contributed by atoms with Crippen LogP contribution in [0.1, 0.15) is 26.7 Å². The zero-order valence-electron chi connectivity index (χ0n) is 11.4. The molecule has 1 aromatic rings. The first-order valence-electron chi connectivity index (χ1n) is 6.36. The summed E-state index contributed by atoms with van der Waals surface area (Å²) in [4.78, 5) is 28.8. The number of urea groups is 1. The van der Waals surface area contributed by atoms with Crippen molar-refractivity contribution < 1.29 is 14.7 Å². The van der Waals surface area contributed by atoms with E-state index in [9.17, 15) is 14.7 Å². The molecule has 20 heavy (non-hydrogen) atoms. The molecular weight excluding hydrogens is 262 g/mol. The maximum absolute atomic E-state index is 12.2. The first-order valence-corrected chi connectivity index (χ1v) is 6.36. The Balaban J connectivity index is 2.17. The van der Waals surface area contributed by atoms with Crippen LogP contribution in [0.15, 0.2) is 12.4 Å². The number of aromatic nitrogens is 3. The summed E-state index contributed by atoms with van der Waals surface area (Å²) in [5.41, 5.74) is -0.475. The average molecular weight is 279 g/mol. The maximum Gasteiger partial charge on any atom is 0.327 e. The van der Waals surface area contributed by atoms with Crippen LogP contribution in [0.5, 0.6) is 0 Å². The molecule has 2 N–H and O–H groups in total. The summed E-state index contributed by atoms with van der Waals surface area (Å²) in [6, 6.07) is -1.38. The molecule has 2 amide bonds. The van der Waals surface area contributed by atoms with Crippen LogP contribution in [0.4, 0.5) is 10.7 Å². The smallest absolute Gasteiger partial charge is 0.327 e. The molecule has 2 heterocycles. The minimum Gasteiger partial charge on any atom is -0.480 e. The van der Waals surface area contributed by atoms with Gasteiger partial charge in [-0.1, -0.05) is 13.8 Å². The molecule has 8 nitrogen and oxygen atoms in total. The average Bonchev–Trinajstić information content (AvgIpc) is 2.37. The molecule has 0 aliphatic carbocycles. The lowest BCUT2D eigenvalue weighted by Crippen LogP contribution is -2.57. The molecule has 1 atom stereocenters. The molecule has 1 saturated heterocycles. The second-order valence-corrected chi connectivity index (χ2v) is 5.42. The zero-order valence-corrected chi connectivity index (χ0v) is 11.4. The Kier molecular flexibility index (Phi) is 3.82. The van der Waals surface area contributed by atoms with Crippen LogP contribution in [0.2, 0.25) is 0 Å². The van der Waals surface area contributed by atoms with Crippen molar-refractivity contribution in [3.63, 3.8) is 0 Å². The van der Waals surface area contributed by atoms with Crippen molar-refractivity contribution in [2.24, 2.45) is 5.41 Å². The van der Waals surface area contributed by atoms with E-state index in [-0.39, 0.29) is 5.95 Å². The van der Waals surface area contributed by atoms with Crippen LogP contribution in [-0.4, -0.2) is 49.8 Å². The summed E-state index contributed by atoms with van der Waals surface area (Å²) in [7, 11) is 0. The summed E-state index contributed by atoms with van der Waals surface area (Å²) in [5, 5.41) is 19.1. The second-order valence-electron chi connectivity index (χ2n) is 5.42. The molecule has 0 aromatic carbocycles. The van der Waals surface area contributed by atoms with E-state index in [1.54, 1.807) is 0 Å². The molecule has 108 valence electrons. The van der Waals surface area contributed by atoms with E-state index in [0.29, 0.717) is 6.54 Å². The van der Waals surface area contributed by atoms with Gasteiger partial charge in [0.25, 0.3) is 5.95 Å². The molecule has 1 aliphatic rings. The number of piperidine rings is 1. The lowest BCUT2D eigenvalue weighted by atomic mass is 9.76. The molecule has 1 unspecified atom stereocenters. The molecule has 0 saturated carbocycles. The number of carbonyl (C=O) groups is 2. The van der Waals surface area contributed by atoms with E-state index in [1.165, 1.54) is 17.3 Å². The SMILES string of the molecule is CC1(C)CCCN(C(=O)Nc2nccnn2)C1C(=O)O. The molecule has 1 aromatic heterocycles. The van der Waals surface area contributed by atoms with Crippen LogP contribution in [0.25, 0.3) is 0 Å². The number of anilines is 1. The van der Waals surface area contributed by atoms with Crippen LogP contribution in [0, 0.1) is 5.41 Å². The second kappa shape index (κ2) is 5.40. The summed E-state index contributed by atoms with van der Waals surface area (Å²) in [6.07, 6.45) is 4.31. The Labute approximate surface area is 116 Å². The largest absolute Gasteiger partial charge is 0.480 e. The van der Waals surface area contributed by atoms with Crippen LogP contribution < -0.4 is 5.32 Å². The van der Waals surface area contributed by atoms with Gasteiger partial charge >= 0.3 is 12.0 Å². The summed E-state index contributed by atoms with van der Waals surface area (Å²) in [5.74, 6) is -0.943. The lowest BCUT2D eigenvalue weighted by Gasteiger charge is -2.43. The molecule has 0 spiro atoms. The van der Waals surface area contributed by atoms with Crippen molar-refractivity contribution in [1.82, 2.24) is 20.1 Å². The maximum atomic E-state index is 12.2. The Morgan fingerprint density at radius 1 is 1.45 bits per heavy atom. The number of amides is 2. The third-order valence-electron chi connectivity index (χ3n) is 3.47. The van der Waals surface area contributed by atoms with Gasteiger partial charge < -0.3 is 10.0 Å². The van der Waals surface area contributed by atoms with E-state index in [0.717, 1.165) is 12.8 Å². The summed E-state index contributed by atoms with van der Waals surface area (Å²) < 4.78 is 0. The van der Waals surface area contributed by atoms with Crippen molar-refractivity contribution in [2.75, 3.05) is 11.9 Å². The minimum absolute atomic E-state index is 0.0602. The van der Waals surface area contributed by atoms with Crippen molar-refractivity contribution >= 4 is 17.9 Å². The van der Waals surface area contributed by atoms with Gasteiger partial charge in [0.2, 0.25) is 0 Å². The lowest BCUT2D eigenvalue weighted by molar-refractivity contribution is -0.148. The number of hydrogen-bond donors (Lipinski definition) is 2. The number of nitrogens with one attached hydrogen (secondary N) is 1. The van der Waals surface area contributed by atoms with E-state index < -0.39 is 23.5 Å². The highest BCUT2D eigenvalue weighted by molar-refractivity contribution is 5.91. The highest BCUT2D eigenvalue weighted by Crippen LogP contribution is 2.35. The summed E-state index contributed by atoms with van der Waals surface area (Å²) in [6.45, 7) is 4.10. The molecule has 8 heteroatoms. The van der Waals surface area contributed by atoms with E-state index in [1.807, 2.05) is 13.8 Å². The topological polar surface area (TPSA) is 108 Å². The number of hydrogen-bond acceptors (Lipinski definition) is 5. The zero-order chi connectivity index (χ0) is 14.8. The molecule has 0 bridgehead atoms. The van der Waals surface area contributed by atoms with Crippen molar-refractivity contribution in [3.05, 3.63) is 12.4 Å². The molecule has 1 fully saturated rings. The van der Waals surface area contributed by atoms with Gasteiger partial charge in [-0.05, 0) is 18.3 Å². The van der Waals surface area contributed by atoms with E-state index in [2.05, 4.69) is 20.5 Å². The van der Waals surface area contributed by atoms with Crippen LogP contribution in [-0.2, 0) is 4.79 Å². The molecular formula is C12H17N5O3. The predicted octanol–water partition coefficient (Wildman–Crippen LogP) is 0.979. The third kappa shape index (κ3) is 2.84. The first-order chi connectivity index (χ1) is 9.42. The number of aliphatic carboxylic acids is 1. The van der Waals surface area contributed by atoms with Crippen molar-refractivity contribution in [3.8, 4) is 0 Å². The molecule has 2 rings (SSSR count). The van der Waals surface area contributed by atoms with Crippen molar-refractivity contribution in [1.29, 1.82) is 0 Å². The fraction of sp³-hybridized carbons (Fsp3) is 0.583. The van der Waals surface area contributed by atoms with Gasteiger partial charge in [-0.2, -0.15) is 5.10 Å². The highest BCUT2D eigenvalue weighted by atomic mass is 16.4. The van der Waals surface area contributed by atoms with Gasteiger partial charge in [-0.15, -0.1) is 5.10 Å². The quantitative estimate of drug-likeness (QED) is 0.835. The monoisotopic (exact) mass is 279 g/mol. The van der Waals surface area contributed by atoms with Gasteiger partial charge in [-0.25, -0.2) is 14.6 Å². The van der Waals surface area contributed by atoms with E-state index in [4.69, 9.17) is 0 Å². The van der Waals surface area contributed by atoms with E-state index >= 15 is 0 Å². The van der Waals surface area contributed by atoms with Gasteiger partial charge in [0.15, 0.2) is 0 Å². The third-order valence-corrected chi connectivity index (χ3v) is 3.47. The summed E-state index contributed by atoms with van der Waals surface area (Å²) >= 11 is 0. The number of rotatable bonds is 2. The number of nitrogens with zero attached hydrogens (tertiary/aromatic N) is 4. The Morgan fingerprint density at radius 2 is 2.20 bits per heavy atom. The highest BCUT2D eigenvalue weighted by Gasteiger charge is 2.44. The number of likely N-dealkylation sites (tertiary alicyclic amines) is 1. The Bertz CT molecular complexity index is 505. The fourth-order valence-corrected chi connectivity index (χ4v) is 2.55. The standard InChI is InChI=1S/C12H17N5O3/c1-12(2)4-3-7-17(8(12)9(18)19)11(20)15-10-13-5-6-14-16-10/h5-6,8H,3-4,7H2,1-2H3,(H,18,19)(H,13,15,16,20). The van der Waals surface area contributed by atoms with Crippen LogP contribution in [0.3, 0.4) is 0 Å². The molecule has 0 radical (unpaired) electrons. The van der Waals surface area contributed by atoms with Crippen molar-refractivity contribution in [2.45, 2.75) is 32.7 Å². The normalized spacial score (nSPS) is 21.3.